The predicted octanol–water partition coefficient (Wildman–Crippen LogP) is 3.57. The largest absolute Gasteiger partial charge is 0.494 e. The molecule has 1 heterocycles. The molecular formula is C13H15NOS. The minimum atomic E-state index is 0.913. The van der Waals surface area contributed by atoms with Crippen LogP contribution < -0.4 is 4.74 Å². The number of rotatable bonds is 3. The van der Waals surface area contributed by atoms with E-state index < -0.39 is 0 Å². The average molecular weight is 233 g/mol. The summed E-state index contributed by atoms with van der Waals surface area (Å²) in [6.45, 7) is 2.05. The maximum atomic E-state index is 5.43. The van der Waals surface area contributed by atoms with E-state index in [9.17, 15) is 0 Å². The van der Waals surface area contributed by atoms with E-state index in [-0.39, 0.29) is 0 Å². The van der Waals surface area contributed by atoms with Crippen molar-refractivity contribution in [1.82, 2.24) is 4.98 Å². The molecule has 0 radical (unpaired) electrons. The van der Waals surface area contributed by atoms with E-state index in [4.69, 9.17) is 4.74 Å². The van der Waals surface area contributed by atoms with Crippen molar-refractivity contribution in [3.8, 4) is 5.75 Å². The number of aryl methyl sites for hydroxylation is 1. The van der Waals surface area contributed by atoms with E-state index in [2.05, 4.69) is 17.1 Å². The third-order valence-electron chi connectivity index (χ3n) is 3.07. The first-order valence-corrected chi connectivity index (χ1v) is 6.52. The molecule has 3 rings (SSSR count). The van der Waals surface area contributed by atoms with Crippen molar-refractivity contribution in [3.05, 3.63) is 22.7 Å². The molecule has 0 amide bonds. The van der Waals surface area contributed by atoms with Gasteiger partial charge in [0.05, 0.1) is 16.8 Å². The van der Waals surface area contributed by atoms with Gasteiger partial charge >= 0.3 is 0 Å². The normalized spacial score (nSPS) is 15.6. The topological polar surface area (TPSA) is 22.1 Å². The highest BCUT2D eigenvalue weighted by Crippen LogP contribution is 2.36. The number of thiazole rings is 1. The lowest BCUT2D eigenvalue weighted by molar-refractivity contribution is 0.418. The highest BCUT2D eigenvalue weighted by atomic mass is 32.1. The van der Waals surface area contributed by atoms with E-state index in [0.29, 0.717) is 0 Å². The second-order valence-corrected chi connectivity index (χ2v) is 5.76. The molecule has 16 heavy (non-hydrogen) atoms. The summed E-state index contributed by atoms with van der Waals surface area (Å²) in [5, 5.41) is 1.11. The first kappa shape index (κ1) is 10.1. The number of methoxy groups -OCH3 is 1. The highest BCUT2D eigenvalue weighted by Gasteiger charge is 2.22. The molecule has 3 heteroatoms. The van der Waals surface area contributed by atoms with Crippen LogP contribution in [0.4, 0.5) is 0 Å². The molecule has 0 unspecified atom stereocenters. The Labute approximate surface area is 99.3 Å². The van der Waals surface area contributed by atoms with E-state index in [0.717, 1.165) is 22.2 Å². The summed E-state index contributed by atoms with van der Waals surface area (Å²) in [5.74, 6) is 1.84. The molecule has 0 aliphatic heterocycles. The number of benzene rings is 1. The first-order valence-electron chi connectivity index (χ1n) is 5.70. The van der Waals surface area contributed by atoms with E-state index in [1.807, 2.05) is 6.92 Å². The molecule has 0 saturated heterocycles. The Morgan fingerprint density at radius 2 is 2.25 bits per heavy atom. The van der Waals surface area contributed by atoms with Crippen LogP contribution in [0.3, 0.4) is 0 Å². The van der Waals surface area contributed by atoms with Crippen LogP contribution in [0, 0.1) is 12.8 Å². The van der Waals surface area contributed by atoms with Gasteiger partial charge < -0.3 is 4.74 Å². The second kappa shape index (κ2) is 3.74. The Morgan fingerprint density at radius 3 is 2.94 bits per heavy atom. The van der Waals surface area contributed by atoms with Crippen LogP contribution >= 0.6 is 11.3 Å². The molecule has 1 aromatic heterocycles. The minimum Gasteiger partial charge on any atom is -0.494 e. The van der Waals surface area contributed by atoms with Gasteiger partial charge in [-0.1, -0.05) is 0 Å². The van der Waals surface area contributed by atoms with Crippen LogP contribution in [0.2, 0.25) is 0 Å². The van der Waals surface area contributed by atoms with Crippen molar-refractivity contribution in [1.29, 1.82) is 0 Å². The zero-order valence-electron chi connectivity index (χ0n) is 9.62. The molecular weight excluding hydrogens is 218 g/mol. The van der Waals surface area contributed by atoms with Crippen LogP contribution in [0.15, 0.2) is 12.1 Å². The van der Waals surface area contributed by atoms with E-state index >= 15 is 0 Å². The standard InChI is InChI=1S/C13H15NOS/c1-8-14-13-11(15-2)6-10(5-9-3-4-9)7-12(13)16-8/h6-7,9H,3-5H2,1-2H3. The fourth-order valence-corrected chi connectivity index (χ4v) is 3.00. The van der Waals surface area contributed by atoms with Gasteiger partial charge in [0.2, 0.25) is 0 Å². The van der Waals surface area contributed by atoms with Gasteiger partial charge in [0.15, 0.2) is 0 Å². The molecule has 1 saturated carbocycles. The van der Waals surface area contributed by atoms with Gasteiger partial charge in [0.25, 0.3) is 0 Å². The van der Waals surface area contributed by atoms with Crippen molar-refractivity contribution in [2.45, 2.75) is 26.2 Å². The number of nitrogens with zero attached hydrogens (tertiary/aromatic N) is 1. The van der Waals surface area contributed by atoms with Gasteiger partial charge in [-0.05, 0) is 49.8 Å². The fourth-order valence-electron chi connectivity index (χ4n) is 2.09. The smallest absolute Gasteiger partial charge is 0.146 e. The molecule has 0 spiro atoms. The lowest BCUT2D eigenvalue weighted by Gasteiger charge is -2.04. The maximum Gasteiger partial charge on any atom is 0.146 e. The Bertz CT molecular complexity index is 528. The number of hydrogen-bond donors (Lipinski definition) is 0. The summed E-state index contributed by atoms with van der Waals surface area (Å²) in [4.78, 5) is 4.51. The van der Waals surface area contributed by atoms with Crippen LogP contribution in [0.1, 0.15) is 23.4 Å². The molecule has 0 bridgehead atoms. The molecule has 1 fully saturated rings. The van der Waals surface area contributed by atoms with Crippen molar-refractivity contribution in [2.75, 3.05) is 7.11 Å². The third-order valence-corrected chi connectivity index (χ3v) is 3.99. The Kier molecular flexibility index (Phi) is 2.36. The Morgan fingerprint density at radius 1 is 1.44 bits per heavy atom. The zero-order valence-corrected chi connectivity index (χ0v) is 10.4. The van der Waals surface area contributed by atoms with Crippen molar-refractivity contribution >= 4 is 21.6 Å². The monoisotopic (exact) mass is 233 g/mol. The van der Waals surface area contributed by atoms with E-state index in [1.165, 1.54) is 29.5 Å². The van der Waals surface area contributed by atoms with Crippen molar-refractivity contribution in [3.63, 3.8) is 0 Å². The van der Waals surface area contributed by atoms with Crippen LogP contribution in [0.5, 0.6) is 5.75 Å². The Hall–Kier alpha value is -1.09. The van der Waals surface area contributed by atoms with Gasteiger partial charge in [0, 0.05) is 0 Å². The Balaban J connectivity index is 2.08. The second-order valence-electron chi connectivity index (χ2n) is 4.53. The van der Waals surface area contributed by atoms with Gasteiger partial charge in [-0.25, -0.2) is 4.98 Å². The first-order chi connectivity index (χ1) is 7.76. The summed E-state index contributed by atoms with van der Waals surface area (Å²) >= 11 is 1.75. The predicted molar refractivity (Wildman–Crippen MR) is 67.3 cm³/mol. The fraction of sp³-hybridized carbons (Fsp3) is 0.462. The van der Waals surface area contributed by atoms with E-state index in [1.54, 1.807) is 18.4 Å². The molecule has 1 aliphatic rings. The molecule has 2 aromatic rings. The van der Waals surface area contributed by atoms with Crippen LogP contribution in [-0.4, -0.2) is 12.1 Å². The summed E-state index contributed by atoms with van der Waals surface area (Å²) in [6, 6.07) is 4.43. The number of ether oxygens (including phenoxy) is 1. The number of aromatic nitrogens is 1. The molecule has 0 atom stereocenters. The van der Waals surface area contributed by atoms with Gasteiger partial charge in [-0.2, -0.15) is 0 Å². The number of hydrogen-bond acceptors (Lipinski definition) is 3. The summed E-state index contributed by atoms with van der Waals surface area (Å²) in [5.41, 5.74) is 2.42. The zero-order chi connectivity index (χ0) is 11.1. The summed E-state index contributed by atoms with van der Waals surface area (Å²) in [7, 11) is 1.73. The average Bonchev–Trinajstić information content (AvgIpc) is 2.97. The van der Waals surface area contributed by atoms with Crippen molar-refractivity contribution in [2.24, 2.45) is 5.92 Å². The molecule has 0 N–H and O–H groups in total. The lowest BCUT2D eigenvalue weighted by Crippen LogP contribution is -1.90. The lowest BCUT2D eigenvalue weighted by atomic mass is 10.1. The molecule has 1 aliphatic carbocycles. The van der Waals surface area contributed by atoms with Crippen LogP contribution in [0.25, 0.3) is 10.2 Å². The third kappa shape index (κ3) is 1.80. The van der Waals surface area contributed by atoms with Gasteiger partial charge in [-0.3, -0.25) is 0 Å². The van der Waals surface area contributed by atoms with Gasteiger partial charge in [0.1, 0.15) is 11.3 Å². The summed E-state index contributed by atoms with van der Waals surface area (Å²) in [6.07, 6.45) is 3.98. The van der Waals surface area contributed by atoms with Crippen LogP contribution in [-0.2, 0) is 6.42 Å². The van der Waals surface area contributed by atoms with Crippen molar-refractivity contribution < 1.29 is 4.74 Å². The van der Waals surface area contributed by atoms with Gasteiger partial charge in [-0.15, -0.1) is 11.3 Å². The molecule has 2 nitrogen and oxygen atoms in total. The summed E-state index contributed by atoms with van der Waals surface area (Å²) < 4.78 is 6.68. The maximum absolute atomic E-state index is 5.43. The number of fused-ring (bicyclic) bond motifs is 1. The molecule has 1 aromatic carbocycles. The minimum absolute atomic E-state index is 0.913. The molecule has 84 valence electrons. The highest BCUT2D eigenvalue weighted by molar-refractivity contribution is 7.18. The SMILES string of the molecule is COc1cc(CC2CC2)cc2sc(C)nc12. The quantitative estimate of drug-likeness (QED) is 0.808.